The maximum Gasteiger partial charge on any atom is 0.416 e. The third kappa shape index (κ3) is 4.84. The van der Waals surface area contributed by atoms with Crippen LogP contribution in [0.2, 0.25) is 0 Å². The summed E-state index contributed by atoms with van der Waals surface area (Å²) in [6, 6.07) is 7.53. The Labute approximate surface area is 157 Å². The van der Waals surface area contributed by atoms with Gasteiger partial charge in [-0.05, 0) is 26.0 Å². The van der Waals surface area contributed by atoms with Gasteiger partial charge < -0.3 is 14.6 Å². The number of rotatable bonds is 5. The van der Waals surface area contributed by atoms with E-state index in [4.69, 9.17) is 9.26 Å². The number of benzene rings is 1. The first-order chi connectivity index (χ1) is 13.2. The Hall–Kier alpha value is -3.43. The van der Waals surface area contributed by atoms with Crippen molar-refractivity contribution in [2.75, 3.05) is 11.9 Å². The molecule has 0 saturated carbocycles. The molecule has 3 rings (SSSR count). The normalized spacial score (nSPS) is 11.3. The third-order valence-electron chi connectivity index (χ3n) is 3.55. The van der Waals surface area contributed by atoms with Gasteiger partial charge in [0.05, 0.1) is 5.56 Å². The van der Waals surface area contributed by atoms with E-state index in [2.05, 4.69) is 20.4 Å². The van der Waals surface area contributed by atoms with Crippen LogP contribution in [-0.4, -0.2) is 27.6 Å². The number of nitrogens with one attached hydrogen (secondary N) is 1. The first-order valence-corrected chi connectivity index (χ1v) is 8.10. The average Bonchev–Trinajstić information content (AvgIpc) is 3.03. The summed E-state index contributed by atoms with van der Waals surface area (Å²) in [7, 11) is 0. The summed E-state index contributed by atoms with van der Waals surface area (Å²) < 4.78 is 48.3. The van der Waals surface area contributed by atoms with E-state index < -0.39 is 17.6 Å². The molecule has 2 aromatic heterocycles. The van der Waals surface area contributed by atoms with Gasteiger partial charge in [-0.3, -0.25) is 4.79 Å². The van der Waals surface area contributed by atoms with Crippen LogP contribution in [0.15, 0.2) is 40.9 Å². The molecule has 0 saturated heterocycles. The fourth-order valence-electron chi connectivity index (χ4n) is 2.29. The lowest BCUT2D eigenvalue weighted by molar-refractivity contribution is -0.137. The quantitative estimate of drug-likeness (QED) is 0.711. The molecule has 3 aromatic rings. The number of amides is 1. The largest absolute Gasteiger partial charge is 0.467 e. The number of ether oxygens (including phenoxy) is 1. The zero-order chi connectivity index (χ0) is 20.3. The van der Waals surface area contributed by atoms with Gasteiger partial charge in [-0.25, -0.2) is 4.98 Å². The van der Waals surface area contributed by atoms with Crippen molar-refractivity contribution in [3.63, 3.8) is 0 Å². The van der Waals surface area contributed by atoms with Crippen molar-refractivity contribution in [1.29, 1.82) is 0 Å². The van der Waals surface area contributed by atoms with Crippen LogP contribution >= 0.6 is 0 Å². The Morgan fingerprint density at radius 1 is 1.14 bits per heavy atom. The van der Waals surface area contributed by atoms with E-state index in [9.17, 15) is 18.0 Å². The number of aryl methyl sites for hydroxylation is 2. The van der Waals surface area contributed by atoms with Crippen LogP contribution in [0.25, 0.3) is 11.4 Å². The zero-order valence-corrected chi connectivity index (χ0v) is 14.9. The molecule has 2 heterocycles. The number of hydrogen-bond acceptors (Lipinski definition) is 6. The number of hydrogen-bond donors (Lipinski definition) is 1. The smallest absolute Gasteiger partial charge is 0.416 e. The van der Waals surface area contributed by atoms with Crippen LogP contribution in [0.4, 0.5) is 19.0 Å². The van der Waals surface area contributed by atoms with E-state index in [-0.39, 0.29) is 24.1 Å². The van der Waals surface area contributed by atoms with Crippen molar-refractivity contribution >= 4 is 11.7 Å². The Bertz CT molecular complexity index is 984. The van der Waals surface area contributed by atoms with Gasteiger partial charge in [-0.15, -0.1) is 0 Å². The van der Waals surface area contributed by atoms with Crippen molar-refractivity contribution in [1.82, 2.24) is 15.1 Å². The Morgan fingerprint density at radius 2 is 1.86 bits per heavy atom. The lowest BCUT2D eigenvalue weighted by Gasteiger charge is -2.09. The predicted molar refractivity (Wildman–Crippen MR) is 92.6 cm³/mol. The molecule has 146 valence electrons. The Kier molecular flexibility index (Phi) is 5.30. The molecule has 0 aliphatic heterocycles. The highest BCUT2D eigenvalue weighted by molar-refractivity contribution is 5.90. The van der Waals surface area contributed by atoms with Gasteiger partial charge in [0.15, 0.2) is 18.2 Å². The average molecular weight is 392 g/mol. The minimum Gasteiger partial charge on any atom is -0.467 e. The SMILES string of the molecule is Cc1cc(OCC(=O)Nc2cc(C)on2)nc(-c2ccc(C(F)(F)F)cc2)n1. The topological polar surface area (TPSA) is 90.1 Å². The summed E-state index contributed by atoms with van der Waals surface area (Å²) in [5.41, 5.74) is 0.164. The number of nitrogens with zero attached hydrogens (tertiary/aromatic N) is 3. The van der Waals surface area contributed by atoms with Crippen LogP contribution in [0.5, 0.6) is 5.88 Å². The number of carbonyl (C=O) groups excluding carboxylic acids is 1. The lowest BCUT2D eigenvalue weighted by Crippen LogP contribution is -2.20. The van der Waals surface area contributed by atoms with Crippen LogP contribution in [0.3, 0.4) is 0 Å². The highest BCUT2D eigenvalue weighted by Crippen LogP contribution is 2.30. The molecule has 0 atom stereocenters. The third-order valence-corrected chi connectivity index (χ3v) is 3.55. The second kappa shape index (κ2) is 7.67. The highest BCUT2D eigenvalue weighted by Gasteiger charge is 2.30. The van der Waals surface area contributed by atoms with Gasteiger partial charge in [-0.1, -0.05) is 17.3 Å². The van der Waals surface area contributed by atoms with E-state index >= 15 is 0 Å². The minimum atomic E-state index is -4.42. The molecule has 0 fully saturated rings. The lowest BCUT2D eigenvalue weighted by atomic mass is 10.1. The van der Waals surface area contributed by atoms with Crippen LogP contribution in [0, 0.1) is 13.8 Å². The molecule has 0 unspecified atom stereocenters. The van der Waals surface area contributed by atoms with Crippen molar-refractivity contribution in [2.45, 2.75) is 20.0 Å². The van der Waals surface area contributed by atoms with Gasteiger partial charge in [-0.2, -0.15) is 18.2 Å². The molecule has 0 bridgehead atoms. The standard InChI is InChI=1S/C18H15F3N4O3/c1-10-7-16(27-9-15(26)23-14-8-11(2)28-25-14)24-17(22-10)12-3-5-13(6-4-12)18(19,20)21/h3-8H,9H2,1-2H3,(H,23,25,26). The Morgan fingerprint density at radius 3 is 2.46 bits per heavy atom. The fourth-order valence-corrected chi connectivity index (χ4v) is 2.29. The van der Waals surface area contributed by atoms with E-state index in [1.165, 1.54) is 18.2 Å². The van der Waals surface area contributed by atoms with E-state index in [1.807, 2.05) is 0 Å². The van der Waals surface area contributed by atoms with E-state index in [1.54, 1.807) is 19.9 Å². The molecule has 7 nitrogen and oxygen atoms in total. The van der Waals surface area contributed by atoms with Crippen molar-refractivity contribution in [3.05, 3.63) is 53.4 Å². The minimum absolute atomic E-state index is 0.119. The van der Waals surface area contributed by atoms with Gasteiger partial charge >= 0.3 is 6.18 Å². The number of aromatic nitrogens is 3. The van der Waals surface area contributed by atoms with Crippen LogP contribution in [-0.2, 0) is 11.0 Å². The molecule has 0 spiro atoms. The first kappa shape index (κ1) is 19.3. The molecule has 1 amide bonds. The summed E-state index contributed by atoms with van der Waals surface area (Å²) in [5, 5.41) is 6.13. The Balaban J connectivity index is 1.70. The molecular formula is C18H15F3N4O3. The van der Waals surface area contributed by atoms with Gasteiger partial charge in [0, 0.05) is 23.4 Å². The first-order valence-electron chi connectivity index (χ1n) is 8.10. The summed E-state index contributed by atoms with van der Waals surface area (Å²) in [6.45, 7) is 3.03. The molecule has 0 aliphatic rings. The van der Waals surface area contributed by atoms with Crippen molar-refractivity contribution < 1.29 is 27.2 Å². The molecule has 0 radical (unpaired) electrons. The van der Waals surface area contributed by atoms with Gasteiger partial charge in [0.2, 0.25) is 5.88 Å². The highest BCUT2D eigenvalue weighted by atomic mass is 19.4. The van der Waals surface area contributed by atoms with E-state index in [0.717, 1.165) is 12.1 Å². The molecule has 28 heavy (non-hydrogen) atoms. The number of carbonyl (C=O) groups is 1. The van der Waals surface area contributed by atoms with Crippen molar-refractivity contribution in [3.8, 4) is 17.3 Å². The van der Waals surface area contributed by atoms with Gasteiger partial charge in [0.1, 0.15) is 5.76 Å². The summed E-state index contributed by atoms with van der Waals surface area (Å²) in [5.74, 6) is 0.644. The molecule has 0 aliphatic carbocycles. The maximum atomic E-state index is 12.7. The van der Waals surface area contributed by atoms with Crippen molar-refractivity contribution in [2.24, 2.45) is 0 Å². The molecule has 1 N–H and O–H groups in total. The maximum absolute atomic E-state index is 12.7. The number of alkyl halides is 3. The summed E-state index contributed by atoms with van der Waals surface area (Å²) in [6.07, 6.45) is -4.42. The predicted octanol–water partition coefficient (Wildman–Crippen LogP) is 3.78. The van der Waals surface area contributed by atoms with Crippen LogP contribution in [0.1, 0.15) is 17.0 Å². The molecular weight excluding hydrogens is 377 g/mol. The second-order valence-electron chi connectivity index (χ2n) is 5.91. The fraction of sp³-hybridized carbons (Fsp3) is 0.222. The molecule has 1 aromatic carbocycles. The summed E-state index contributed by atoms with van der Waals surface area (Å²) >= 11 is 0. The second-order valence-corrected chi connectivity index (χ2v) is 5.91. The van der Waals surface area contributed by atoms with Gasteiger partial charge in [0.25, 0.3) is 5.91 Å². The number of anilines is 1. The molecule has 10 heteroatoms. The summed E-state index contributed by atoms with van der Waals surface area (Å²) in [4.78, 5) is 20.2. The van der Waals surface area contributed by atoms with E-state index in [0.29, 0.717) is 17.0 Å². The van der Waals surface area contributed by atoms with Crippen LogP contribution < -0.4 is 10.1 Å². The number of halogens is 3. The zero-order valence-electron chi connectivity index (χ0n) is 14.9. The monoisotopic (exact) mass is 392 g/mol.